The molecular formula is C10H16FN5O. The van der Waals surface area contributed by atoms with Crippen LogP contribution in [0.4, 0.5) is 16.2 Å². The smallest absolute Gasteiger partial charge is 0.239 e. The van der Waals surface area contributed by atoms with Crippen molar-refractivity contribution < 1.29 is 9.50 Å². The van der Waals surface area contributed by atoms with Crippen molar-refractivity contribution in [2.75, 3.05) is 30.0 Å². The predicted molar refractivity (Wildman–Crippen MR) is 61.8 cm³/mol. The molecule has 4 N–H and O–H groups in total. The SMILES string of the molecule is NNc1ncc(F)c(N2CCC(CO)CC2)n1. The number of aliphatic hydroxyl groups is 1. The van der Waals surface area contributed by atoms with E-state index in [9.17, 15) is 4.39 Å². The summed E-state index contributed by atoms with van der Waals surface area (Å²) < 4.78 is 13.6. The van der Waals surface area contributed by atoms with E-state index < -0.39 is 5.82 Å². The Morgan fingerprint density at radius 2 is 2.24 bits per heavy atom. The first-order chi connectivity index (χ1) is 8.24. The van der Waals surface area contributed by atoms with Gasteiger partial charge in [-0.2, -0.15) is 4.98 Å². The molecule has 0 radical (unpaired) electrons. The molecule has 1 aromatic rings. The molecule has 2 rings (SSSR count). The lowest BCUT2D eigenvalue weighted by molar-refractivity contribution is 0.202. The minimum atomic E-state index is -0.452. The highest BCUT2D eigenvalue weighted by Crippen LogP contribution is 2.23. The zero-order valence-electron chi connectivity index (χ0n) is 9.43. The van der Waals surface area contributed by atoms with Crippen molar-refractivity contribution in [3.8, 4) is 0 Å². The molecule has 7 heteroatoms. The summed E-state index contributed by atoms with van der Waals surface area (Å²) >= 11 is 0. The lowest BCUT2D eigenvalue weighted by Gasteiger charge is -2.32. The van der Waals surface area contributed by atoms with E-state index >= 15 is 0 Å². The number of rotatable bonds is 3. The van der Waals surface area contributed by atoms with Crippen LogP contribution in [0.5, 0.6) is 0 Å². The van der Waals surface area contributed by atoms with Gasteiger partial charge in [0.1, 0.15) is 0 Å². The number of halogens is 1. The number of nitrogens with two attached hydrogens (primary N) is 1. The van der Waals surface area contributed by atoms with Gasteiger partial charge in [0.25, 0.3) is 0 Å². The molecule has 17 heavy (non-hydrogen) atoms. The third-order valence-corrected chi connectivity index (χ3v) is 3.03. The summed E-state index contributed by atoms with van der Waals surface area (Å²) in [5.74, 6) is 5.52. The average molecular weight is 241 g/mol. The van der Waals surface area contributed by atoms with Gasteiger partial charge in [-0.25, -0.2) is 15.2 Å². The van der Waals surface area contributed by atoms with Crippen LogP contribution in [-0.2, 0) is 0 Å². The molecule has 1 saturated heterocycles. The summed E-state index contributed by atoms with van der Waals surface area (Å²) in [4.78, 5) is 9.55. The van der Waals surface area contributed by atoms with Gasteiger partial charge in [-0.15, -0.1) is 0 Å². The Morgan fingerprint density at radius 3 is 2.82 bits per heavy atom. The van der Waals surface area contributed by atoms with Crippen LogP contribution in [0.2, 0.25) is 0 Å². The van der Waals surface area contributed by atoms with Gasteiger partial charge in [0.05, 0.1) is 6.20 Å². The summed E-state index contributed by atoms with van der Waals surface area (Å²) in [6, 6.07) is 0. The second-order valence-corrected chi connectivity index (χ2v) is 4.12. The topological polar surface area (TPSA) is 87.3 Å². The Morgan fingerprint density at radius 1 is 1.53 bits per heavy atom. The van der Waals surface area contributed by atoms with Gasteiger partial charge in [-0.3, -0.25) is 5.43 Å². The van der Waals surface area contributed by atoms with Gasteiger partial charge in [0.2, 0.25) is 5.95 Å². The Bertz CT molecular complexity index is 381. The van der Waals surface area contributed by atoms with Crippen molar-refractivity contribution in [1.82, 2.24) is 9.97 Å². The van der Waals surface area contributed by atoms with Crippen molar-refractivity contribution in [1.29, 1.82) is 0 Å². The summed E-state index contributed by atoms with van der Waals surface area (Å²) in [5.41, 5.74) is 2.30. The minimum Gasteiger partial charge on any atom is -0.396 e. The van der Waals surface area contributed by atoms with Gasteiger partial charge in [0, 0.05) is 19.7 Å². The van der Waals surface area contributed by atoms with E-state index in [1.54, 1.807) is 0 Å². The summed E-state index contributed by atoms with van der Waals surface area (Å²) in [7, 11) is 0. The zero-order valence-corrected chi connectivity index (χ0v) is 9.43. The maximum atomic E-state index is 13.6. The third kappa shape index (κ3) is 2.62. The highest BCUT2D eigenvalue weighted by Gasteiger charge is 2.22. The van der Waals surface area contributed by atoms with E-state index in [0.717, 1.165) is 19.0 Å². The molecule has 0 amide bonds. The highest BCUT2D eigenvalue weighted by molar-refractivity contribution is 5.43. The second kappa shape index (κ2) is 5.24. The number of hydrogen-bond acceptors (Lipinski definition) is 6. The molecule has 1 aromatic heterocycles. The number of anilines is 2. The van der Waals surface area contributed by atoms with Gasteiger partial charge < -0.3 is 10.0 Å². The zero-order chi connectivity index (χ0) is 12.3. The number of nitrogens with one attached hydrogen (secondary N) is 1. The molecule has 1 fully saturated rings. The third-order valence-electron chi connectivity index (χ3n) is 3.03. The number of hydrogen-bond donors (Lipinski definition) is 3. The van der Waals surface area contributed by atoms with Crippen LogP contribution >= 0.6 is 0 Å². The molecule has 0 unspecified atom stereocenters. The molecule has 1 aliphatic rings. The molecule has 1 aliphatic heterocycles. The quantitative estimate of drug-likeness (QED) is 0.514. The summed E-state index contributed by atoms with van der Waals surface area (Å²) in [5, 5.41) is 9.04. The van der Waals surface area contributed by atoms with Gasteiger partial charge in [-0.1, -0.05) is 0 Å². The maximum absolute atomic E-state index is 13.6. The van der Waals surface area contributed by atoms with E-state index in [-0.39, 0.29) is 18.4 Å². The fraction of sp³-hybridized carbons (Fsp3) is 0.600. The van der Waals surface area contributed by atoms with Crippen LogP contribution in [0, 0.1) is 11.7 Å². The number of aliphatic hydroxyl groups excluding tert-OH is 1. The standard InChI is InChI=1S/C10H16FN5O/c11-8-5-13-10(15-12)14-9(8)16-3-1-7(6-17)2-4-16/h5,7,17H,1-4,6,12H2,(H,13,14,15). The maximum Gasteiger partial charge on any atom is 0.239 e. The van der Waals surface area contributed by atoms with Crippen LogP contribution in [0.25, 0.3) is 0 Å². The molecular weight excluding hydrogens is 225 g/mol. The Kier molecular flexibility index (Phi) is 3.70. The Labute approximate surface area is 98.6 Å². The summed E-state index contributed by atoms with van der Waals surface area (Å²) in [6.07, 6.45) is 2.78. The Balaban J connectivity index is 2.12. The highest BCUT2D eigenvalue weighted by atomic mass is 19.1. The van der Waals surface area contributed by atoms with Gasteiger partial charge in [0.15, 0.2) is 11.6 Å². The van der Waals surface area contributed by atoms with Crippen LogP contribution in [0.3, 0.4) is 0 Å². The van der Waals surface area contributed by atoms with Crippen LogP contribution < -0.4 is 16.2 Å². The normalized spacial score (nSPS) is 17.2. The summed E-state index contributed by atoms with van der Waals surface area (Å²) in [6.45, 7) is 1.56. The first-order valence-corrected chi connectivity index (χ1v) is 5.59. The molecule has 0 atom stereocenters. The minimum absolute atomic E-state index is 0.190. The number of nitrogens with zero attached hydrogens (tertiary/aromatic N) is 3. The van der Waals surface area contributed by atoms with E-state index in [0.29, 0.717) is 19.0 Å². The first-order valence-electron chi connectivity index (χ1n) is 5.59. The second-order valence-electron chi connectivity index (χ2n) is 4.12. The van der Waals surface area contributed by atoms with E-state index in [2.05, 4.69) is 15.4 Å². The van der Waals surface area contributed by atoms with Gasteiger partial charge in [-0.05, 0) is 18.8 Å². The average Bonchev–Trinajstić information content (AvgIpc) is 2.39. The lowest BCUT2D eigenvalue weighted by Crippen LogP contribution is -2.36. The monoisotopic (exact) mass is 241 g/mol. The van der Waals surface area contributed by atoms with E-state index in [1.165, 1.54) is 0 Å². The van der Waals surface area contributed by atoms with Crippen LogP contribution in [-0.4, -0.2) is 34.8 Å². The van der Waals surface area contributed by atoms with Crippen molar-refractivity contribution in [3.05, 3.63) is 12.0 Å². The number of aromatic nitrogens is 2. The number of piperidine rings is 1. The van der Waals surface area contributed by atoms with Gasteiger partial charge >= 0.3 is 0 Å². The molecule has 0 aliphatic carbocycles. The van der Waals surface area contributed by atoms with Crippen LogP contribution in [0.15, 0.2) is 6.20 Å². The number of nitrogen functional groups attached to an aromatic ring is 1. The first kappa shape index (κ1) is 12.0. The molecule has 0 spiro atoms. The van der Waals surface area contributed by atoms with Crippen molar-refractivity contribution in [2.24, 2.45) is 11.8 Å². The van der Waals surface area contributed by atoms with E-state index in [4.69, 9.17) is 10.9 Å². The fourth-order valence-corrected chi connectivity index (χ4v) is 1.98. The molecule has 0 aromatic carbocycles. The van der Waals surface area contributed by atoms with Crippen molar-refractivity contribution >= 4 is 11.8 Å². The fourth-order valence-electron chi connectivity index (χ4n) is 1.98. The largest absolute Gasteiger partial charge is 0.396 e. The van der Waals surface area contributed by atoms with Crippen molar-refractivity contribution in [3.63, 3.8) is 0 Å². The molecule has 94 valence electrons. The van der Waals surface area contributed by atoms with Crippen molar-refractivity contribution in [2.45, 2.75) is 12.8 Å². The number of hydrazine groups is 1. The predicted octanol–water partition coefficient (Wildman–Crippen LogP) is 0.110. The Hall–Kier alpha value is -1.47. The van der Waals surface area contributed by atoms with Crippen LogP contribution in [0.1, 0.15) is 12.8 Å². The molecule has 0 saturated carbocycles. The van der Waals surface area contributed by atoms with E-state index in [1.807, 2.05) is 4.90 Å². The lowest BCUT2D eigenvalue weighted by atomic mass is 9.98. The molecule has 2 heterocycles. The molecule has 0 bridgehead atoms. The molecule has 6 nitrogen and oxygen atoms in total.